The molecule has 3 aromatic heterocycles. The third kappa shape index (κ3) is 3.47. The smallest absolute Gasteiger partial charge is 0.292 e. The Morgan fingerprint density at radius 1 is 1.06 bits per heavy atom. The summed E-state index contributed by atoms with van der Waals surface area (Å²) in [6, 6.07) is 13.4. The van der Waals surface area contributed by atoms with Crippen molar-refractivity contribution in [2.24, 2.45) is 0 Å². The first-order chi connectivity index (χ1) is 15.8. The van der Waals surface area contributed by atoms with Crippen molar-refractivity contribution < 1.29 is 18.0 Å². The maximum atomic E-state index is 13.4. The van der Waals surface area contributed by atoms with Gasteiger partial charge in [0.15, 0.2) is 0 Å². The number of alkyl halides is 3. The lowest BCUT2D eigenvalue weighted by Crippen LogP contribution is -2.38. The Labute approximate surface area is 186 Å². The van der Waals surface area contributed by atoms with Crippen LogP contribution in [0.3, 0.4) is 0 Å². The van der Waals surface area contributed by atoms with Crippen molar-refractivity contribution in [3.63, 3.8) is 0 Å². The maximum absolute atomic E-state index is 13.4. The zero-order valence-corrected chi connectivity index (χ0v) is 17.4. The van der Waals surface area contributed by atoms with Gasteiger partial charge in [0.1, 0.15) is 25.0 Å². The molecule has 0 saturated heterocycles. The molecular weight excluding hydrogens is 432 g/mol. The van der Waals surface area contributed by atoms with Crippen molar-refractivity contribution >= 4 is 30.7 Å². The highest BCUT2D eigenvalue weighted by Gasteiger charge is 2.36. The number of amides is 1. The number of rotatable bonds is 2. The van der Waals surface area contributed by atoms with Crippen LogP contribution in [0, 0.1) is 0 Å². The first-order valence-corrected chi connectivity index (χ1v) is 10.2. The molecule has 1 aliphatic heterocycles. The monoisotopic (exact) mass is 448 g/mol. The highest BCUT2D eigenvalue weighted by molar-refractivity contribution is 6.33. The van der Waals surface area contributed by atoms with Crippen molar-refractivity contribution in [1.29, 1.82) is 0 Å². The highest BCUT2D eigenvalue weighted by Crippen LogP contribution is 2.30. The van der Waals surface area contributed by atoms with Gasteiger partial charge in [0.25, 0.3) is 11.5 Å². The number of hydrogen-bond acceptors (Lipinski definition) is 4. The Kier molecular flexibility index (Phi) is 4.81. The van der Waals surface area contributed by atoms with E-state index in [1.807, 2.05) is 12.1 Å². The van der Waals surface area contributed by atoms with Crippen molar-refractivity contribution in [1.82, 2.24) is 14.4 Å². The van der Waals surface area contributed by atoms with E-state index in [1.54, 1.807) is 47.5 Å². The Bertz CT molecular complexity index is 1470. The largest absolute Gasteiger partial charge is 0.433 e. The molecule has 6 nitrogen and oxygen atoms in total. The SMILES string of the molecule is Bc1c(C(F)(F)F)nc2c(-c3ccc(C(=O)N4CCc5cccnc54)cc3)cccn2c1=O. The van der Waals surface area contributed by atoms with Gasteiger partial charge >= 0.3 is 6.18 Å². The molecular formula is C23H16BF3N4O2. The number of carbonyl (C=O) groups is 1. The van der Waals surface area contributed by atoms with Gasteiger partial charge in [0.05, 0.1) is 0 Å². The number of halogens is 3. The minimum atomic E-state index is -4.75. The molecule has 0 atom stereocenters. The summed E-state index contributed by atoms with van der Waals surface area (Å²) in [4.78, 5) is 35.2. The van der Waals surface area contributed by atoms with E-state index in [2.05, 4.69) is 9.97 Å². The summed E-state index contributed by atoms with van der Waals surface area (Å²) in [7, 11) is 1.11. The average molecular weight is 448 g/mol. The number of pyridine rings is 2. The molecule has 33 heavy (non-hydrogen) atoms. The van der Waals surface area contributed by atoms with Gasteiger partial charge in [-0.2, -0.15) is 13.2 Å². The van der Waals surface area contributed by atoms with Crippen LogP contribution >= 0.6 is 0 Å². The molecule has 1 aliphatic rings. The number of anilines is 1. The second-order valence-electron chi connectivity index (χ2n) is 7.77. The van der Waals surface area contributed by atoms with E-state index in [4.69, 9.17) is 0 Å². The number of aromatic nitrogens is 3. The van der Waals surface area contributed by atoms with Gasteiger partial charge < -0.3 is 0 Å². The van der Waals surface area contributed by atoms with Crippen LogP contribution < -0.4 is 15.9 Å². The zero-order valence-electron chi connectivity index (χ0n) is 17.4. The lowest BCUT2D eigenvalue weighted by Gasteiger charge is -2.16. The summed E-state index contributed by atoms with van der Waals surface area (Å²) in [6.45, 7) is 0.530. The second-order valence-corrected chi connectivity index (χ2v) is 7.77. The second kappa shape index (κ2) is 7.58. The lowest BCUT2D eigenvalue weighted by molar-refractivity contribution is -0.140. The fourth-order valence-corrected chi connectivity index (χ4v) is 4.10. The fourth-order valence-electron chi connectivity index (χ4n) is 4.10. The van der Waals surface area contributed by atoms with Crippen LogP contribution in [0.4, 0.5) is 19.0 Å². The van der Waals surface area contributed by atoms with E-state index in [-0.39, 0.29) is 11.6 Å². The number of benzene rings is 1. The molecule has 0 bridgehead atoms. The van der Waals surface area contributed by atoms with E-state index in [9.17, 15) is 22.8 Å². The molecule has 0 saturated carbocycles. The molecule has 10 heteroatoms. The Morgan fingerprint density at radius 3 is 2.55 bits per heavy atom. The molecule has 1 aromatic carbocycles. The highest BCUT2D eigenvalue weighted by atomic mass is 19.4. The molecule has 4 heterocycles. The molecule has 164 valence electrons. The summed E-state index contributed by atoms with van der Waals surface area (Å²) in [5.74, 6) is 0.431. The summed E-state index contributed by atoms with van der Waals surface area (Å²) >= 11 is 0. The topological polar surface area (TPSA) is 67.6 Å². The summed E-state index contributed by atoms with van der Waals surface area (Å²) in [5, 5.41) is 0. The van der Waals surface area contributed by atoms with Gasteiger partial charge in [0.2, 0.25) is 0 Å². The quantitative estimate of drug-likeness (QED) is 0.442. The first-order valence-electron chi connectivity index (χ1n) is 10.2. The first kappa shape index (κ1) is 20.9. The third-order valence-corrected chi connectivity index (χ3v) is 5.76. The fraction of sp³-hybridized carbons (Fsp3) is 0.130. The predicted octanol–water partition coefficient (Wildman–Crippen LogP) is 2.24. The Hall–Kier alpha value is -3.95. The number of nitrogens with zero attached hydrogens (tertiary/aromatic N) is 4. The summed E-state index contributed by atoms with van der Waals surface area (Å²) < 4.78 is 41.4. The molecule has 0 radical (unpaired) electrons. The molecule has 5 rings (SSSR count). The van der Waals surface area contributed by atoms with Crippen LogP contribution in [0.25, 0.3) is 16.8 Å². The van der Waals surface area contributed by atoms with Crippen molar-refractivity contribution in [3.05, 3.63) is 88.1 Å². The maximum Gasteiger partial charge on any atom is 0.433 e. The van der Waals surface area contributed by atoms with E-state index < -0.39 is 22.9 Å². The van der Waals surface area contributed by atoms with E-state index >= 15 is 0 Å². The van der Waals surface area contributed by atoms with Gasteiger partial charge in [-0.3, -0.25) is 18.9 Å². The average Bonchev–Trinajstić information content (AvgIpc) is 3.24. The zero-order chi connectivity index (χ0) is 23.3. The normalized spacial score (nSPS) is 13.4. The standard InChI is InChI=1S/C23H16BF3N4O2/c24-17-18(23(25,26)27)29-20-16(4-2-11-30(20)22(17)33)13-5-7-15(8-6-13)21(32)31-12-9-14-3-1-10-28-19(14)31/h1-8,10-11H,9,12,24H2. The van der Waals surface area contributed by atoms with E-state index in [0.29, 0.717) is 29.1 Å². The van der Waals surface area contributed by atoms with Crippen LogP contribution in [-0.4, -0.2) is 34.7 Å². The third-order valence-electron chi connectivity index (χ3n) is 5.76. The van der Waals surface area contributed by atoms with Crippen molar-refractivity contribution in [3.8, 4) is 11.1 Å². The van der Waals surface area contributed by atoms with Gasteiger partial charge in [0, 0.05) is 35.5 Å². The summed E-state index contributed by atoms with van der Waals surface area (Å²) in [6.07, 6.45) is -0.997. The molecule has 1 amide bonds. The number of carbonyl (C=O) groups excluding carboxylic acids is 1. The van der Waals surface area contributed by atoms with Gasteiger partial charge in [-0.1, -0.05) is 18.2 Å². The van der Waals surface area contributed by atoms with Crippen LogP contribution in [0.1, 0.15) is 21.6 Å². The molecule has 0 spiro atoms. The van der Waals surface area contributed by atoms with E-state index in [0.717, 1.165) is 24.2 Å². The van der Waals surface area contributed by atoms with Gasteiger partial charge in [-0.15, -0.1) is 0 Å². The van der Waals surface area contributed by atoms with Crippen LogP contribution in [0.15, 0.2) is 65.7 Å². The molecule has 4 aromatic rings. The Morgan fingerprint density at radius 2 is 1.82 bits per heavy atom. The summed E-state index contributed by atoms with van der Waals surface area (Å²) in [5.41, 5.74) is -0.219. The van der Waals surface area contributed by atoms with Crippen LogP contribution in [0.2, 0.25) is 0 Å². The van der Waals surface area contributed by atoms with Gasteiger partial charge in [-0.05, 0) is 47.9 Å². The molecule has 0 N–H and O–H groups in total. The number of fused-ring (bicyclic) bond motifs is 2. The van der Waals surface area contributed by atoms with Crippen LogP contribution in [0.5, 0.6) is 0 Å². The van der Waals surface area contributed by atoms with Crippen LogP contribution in [-0.2, 0) is 12.6 Å². The molecule has 0 aliphatic carbocycles. The Balaban J connectivity index is 1.55. The molecule has 0 fully saturated rings. The minimum absolute atomic E-state index is 0.0998. The lowest BCUT2D eigenvalue weighted by atomic mass is 9.94. The minimum Gasteiger partial charge on any atom is -0.292 e. The van der Waals surface area contributed by atoms with Gasteiger partial charge in [-0.25, -0.2) is 9.97 Å². The number of hydrogen-bond donors (Lipinski definition) is 0. The van der Waals surface area contributed by atoms with E-state index in [1.165, 1.54) is 6.20 Å². The van der Waals surface area contributed by atoms with Crippen molar-refractivity contribution in [2.75, 3.05) is 11.4 Å². The van der Waals surface area contributed by atoms with Crippen molar-refractivity contribution in [2.45, 2.75) is 12.6 Å². The predicted molar refractivity (Wildman–Crippen MR) is 120 cm³/mol. The molecule has 0 unspecified atom stereocenters.